The second kappa shape index (κ2) is 8.83. The second-order valence-corrected chi connectivity index (χ2v) is 7.36. The van der Waals surface area contributed by atoms with Gasteiger partial charge in [0.25, 0.3) is 0 Å². The summed E-state index contributed by atoms with van der Waals surface area (Å²) >= 11 is 3.42. The largest absolute Gasteiger partial charge is 0.464 e. The number of fused-ring (bicyclic) bond motifs is 1. The molecule has 0 spiro atoms. The maximum atomic E-state index is 12.6. The number of nitrogens with zero attached hydrogens (tertiary/aromatic N) is 2. The van der Waals surface area contributed by atoms with Gasteiger partial charge in [-0.3, -0.25) is 14.6 Å². The van der Waals surface area contributed by atoms with Crippen LogP contribution in [0.25, 0.3) is 10.9 Å². The van der Waals surface area contributed by atoms with E-state index < -0.39 is 5.97 Å². The molecule has 0 saturated carbocycles. The van der Waals surface area contributed by atoms with Crippen LogP contribution in [0.3, 0.4) is 0 Å². The minimum absolute atomic E-state index is 0.146. The van der Waals surface area contributed by atoms with Crippen LogP contribution in [0.1, 0.15) is 10.5 Å². The molecule has 1 fully saturated rings. The quantitative estimate of drug-likeness (QED) is 0.587. The number of esters is 1. The lowest BCUT2D eigenvalue weighted by Gasteiger charge is -2.33. The van der Waals surface area contributed by atoms with Crippen molar-refractivity contribution in [3.63, 3.8) is 0 Å². The molecule has 3 N–H and O–H groups in total. The Labute approximate surface area is 165 Å². The van der Waals surface area contributed by atoms with Crippen LogP contribution in [0.2, 0.25) is 0 Å². The van der Waals surface area contributed by atoms with Gasteiger partial charge in [0.05, 0.1) is 25.9 Å². The van der Waals surface area contributed by atoms with Crippen molar-refractivity contribution in [2.75, 3.05) is 58.3 Å². The zero-order valence-electron chi connectivity index (χ0n) is 15.1. The molecule has 1 aromatic heterocycles. The van der Waals surface area contributed by atoms with Crippen molar-refractivity contribution in [2.45, 2.75) is 0 Å². The monoisotopic (exact) mass is 438 g/mol. The van der Waals surface area contributed by atoms with Gasteiger partial charge in [0.15, 0.2) is 0 Å². The molecule has 8 nitrogen and oxygen atoms in total. The van der Waals surface area contributed by atoms with Gasteiger partial charge in [-0.25, -0.2) is 4.79 Å². The Hall–Kier alpha value is -1.94. The zero-order chi connectivity index (χ0) is 19.4. The molecule has 3 rings (SSSR count). The number of piperazine rings is 1. The van der Waals surface area contributed by atoms with E-state index in [0.717, 1.165) is 41.6 Å². The Morgan fingerprint density at radius 2 is 1.96 bits per heavy atom. The third-order valence-corrected chi connectivity index (χ3v) is 5.16. The fraction of sp³-hybridized carbons (Fsp3) is 0.444. The second-order valence-electron chi connectivity index (χ2n) is 6.45. The molecule has 0 aliphatic carbocycles. The molecule has 27 heavy (non-hydrogen) atoms. The summed E-state index contributed by atoms with van der Waals surface area (Å²) in [6.07, 6.45) is 0. The number of aliphatic hydroxyl groups excluding tert-OH is 1. The van der Waals surface area contributed by atoms with Gasteiger partial charge in [0.1, 0.15) is 5.69 Å². The molecule has 2 heterocycles. The van der Waals surface area contributed by atoms with E-state index in [4.69, 9.17) is 9.84 Å². The molecule has 1 saturated heterocycles. The minimum Gasteiger partial charge on any atom is -0.464 e. The van der Waals surface area contributed by atoms with Gasteiger partial charge in [0.2, 0.25) is 5.91 Å². The van der Waals surface area contributed by atoms with Crippen LogP contribution >= 0.6 is 15.9 Å². The number of hydrogen-bond acceptors (Lipinski definition) is 6. The average Bonchev–Trinajstić information content (AvgIpc) is 3.00. The van der Waals surface area contributed by atoms with E-state index in [1.54, 1.807) is 0 Å². The van der Waals surface area contributed by atoms with Gasteiger partial charge in [-0.05, 0) is 18.2 Å². The molecule has 0 atom stereocenters. The number of methoxy groups -OCH3 is 1. The lowest BCUT2D eigenvalue weighted by molar-refractivity contribution is -0.117. The lowest BCUT2D eigenvalue weighted by atomic mass is 10.2. The van der Waals surface area contributed by atoms with E-state index in [1.807, 2.05) is 18.2 Å². The highest BCUT2D eigenvalue weighted by Crippen LogP contribution is 2.30. The summed E-state index contributed by atoms with van der Waals surface area (Å²) in [5.74, 6) is -0.716. The number of anilines is 1. The molecule has 0 unspecified atom stereocenters. The summed E-state index contributed by atoms with van der Waals surface area (Å²) in [5, 5.41) is 12.6. The molecule has 0 radical (unpaired) electrons. The number of benzene rings is 1. The number of carbonyl (C=O) groups is 2. The first-order valence-electron chi connectivity index (χ1n) is 8.76. The Morgan fingerprint density at radius 1 is 1.26 bits per heavy atom. The van der Waals surface area contributed by atoms with Crippen molar-refractivity contribution < 1.29 is 19.4 Å². The van der Waals surface area contributed by atoms with Crippen molar-refractivity contribution in [1.29, 1.82) is 0 Å². The van der Waals surface area contributed by atoms with Crippen LogP contribution in [0, 0.1) is 0 Å². The maximum absolute atomic E-state index is 12.6. The Bertz CT molecular complexity index is 830. The summed E-state index contributed by atoms with van der Waals surface area (Å²) < 4.78 is 5.68. The topological polar surface area (TPSA) is 97.9 Å². The summed E-state index contributed by atoms with van der Waals surface area (Å²) in [6, 6.07) is 5.54. The number of aromatic amines is 1. The lowest BCUT2D eigenvalue weighted by Crippen LogP contribution is -2.49. The molecule has 146 valence electrons. The Balaban J connectivity index is 1.72. The van der Waals surface area contributed by atoms with E-state index in [0.29, 0.717) is 12.2 Å². The minimum atomic E-state index is -0.532. The van der Waals surface area contributed by atoms with Gasteiger partial charge in [-0.1, -0.05) is 15.9 Å². The Morgan fingerprint density at radius 3 is 2.63 bits per heavy atom. The maximum Gasteiger partial charge on any atom is 0.356 e. The van der Waals surface area contributed by atoms with E-state index in [-0.39, 0.29) is 24.8 Å². The van der Waals surface area contributed by atoms with Gasteiger partial charge in [-0.15, -0.1) is 0 Å². The summed E-state index contributed by atoms with van der Waals surface area (Å²) in [5.41, 5.74) is 1.40. The van der Waals surface area contributed by atoms with Crippen molar-refractivity contribution >= 4 is 44.4 Å². The number of carbonyl (C=O) groups excluding carboxylic acids is 2. The number of nitrogens with one attached hydrogen (secondary N) is 2. The molecule has 1 aliphatic heterocycles. The standard InChI is InChI=1S/C18H23BrN4O4/c1-27-18(26)17-16(13-10-12(19)2-3-14(13)20-17)21-15(25)11-23-6-4-22(5-7-23)8-9-24/h2-3,10,20,24H,4-9,11H2,1H3,(H,21,25). The van der Waals surface area contributed by atoms with Crippen LogP contribution in [-0.2, 0) is 9.53 Å². The van der Waals surface area contributed by atoms with Crippen LogP contribution in [0.4, 0.5) is 5.69 Å². The summed E-state index contributed by atoms with van der Waals surface area (Å²) in [7, 11) is 1.31. The first-order valence-corrected chi connectivity index (χ1v) is 9.56. The third kappa shape index (κ3) is 4.67. The highest BCUT2D eigenvalue weighted by molar-refractivity contribution is 9.10. The number of rotatable bonds is 6. The number of β-amino-alcohol motifs (C(OH)–C–C–N with tert-alkyl or cyclic N) is 1. The molecular formula is C18H23BrN4O4. The normalized spacial score (nSPS) is 15.8. The van der Waals surface area contributed by atoms with Crippen LogP contribution in [0.15, 0.2) is 22.7 Å². The van der Waals surface area contributed by atoms with Crippen LogP contribution in [-0.4, -0.2) is 84.8 Å². The number of aromatic nitrogens is 1. The number of H-pyrrole nitrogens is 1. The van der Waals surface area contributed by atoms with Crippen LogP contribution in [0.5, 0.6) is 0 Å². The van der Waals surface area contributed by atoms with E-state index in [9.17, 15) is 9.59 Å². The van der Waals surface area contributed by atoms with Crippen molar-refractivity contribution in [3.05, 3.63) is 28.4 Å². The molecule has 1 amide bonds. The van der Waals surface area contributed by atoms with E-state index in [1.165, 1.54) is 7.11 Å². The average molecular weight is 439 g/mol. The van der Waals surface area contributed by atoms with E-state index >= 15 is 0 Å². The van der Waals surface area contributed by atoms with Gasteiger partial charge >= 0.3 is 5.97 Å². The molecule has 9 heteroatoms. The van der Waals surface area contributed by atoms with Crippen LogP contribution < -0.4 is 5.32 Å². The first-order chi connectivity index (χ1) is 13.0. The summed E-state index contributed by atoms with van der Waals surface area (Å²) in [6.45, 7) is 4.21. The molecular weight excluding hydrogens is 416 g/mol. The smallest absolute Gasteiger partial charge is 0.356 e. The number of amides is 1. The van der Waals surface area contributed by atoms with Crippen molar-refractivity contribution in [3.8, 4) is 0 Å². The van der Waals surface area contributed by atoms with Gasteiger partial charge < -0.3 is 20.1 Å². The predicted molar refractivity (Wildman–Crippen MR) is 106 cm³/mol. The predicted octanol–water partition coefficient (Wildman–Crippen LogP) is 1.27. The van der Waals surface area contributed by atoms with Gasteiger partial charge in [-0.2, -0.15) is 0 Å². The zero-order valence-corrected chi connectivity index (χ0v) is 16.7. The fourth-order valence-corrected chi connectivity index (χ4v) is 3.60. The van der Waals surface area contributed by atoms with E-state index in [2.05, 4.69) is 36.0 Å². The number of hydrogen-bond donors (Lipinski definition) is 3. The van der Waals surface area contributed by atoms with Crippen molar-refractivity contribution in [1.82, 2.24) is 14.8 Å². The molecule has 2 aromatic rings. The Kier molecular flexibility index (Phi) is 6.48. The summed E-state index contributed by atoms with van der Waals surface area (Å²) in [4.78, 5) is 31.9. The number of halogens is 1. The fourth-order valence-electron chi connectivity index (χ4n) is 3.24. The molecule has 1 aromatic carbocycles. The third-order valence-electron chi connectivity index (χ3n) is 4.66. The highest BCUT2D eigenvalue weighted by atomic mass is 79.9. The highest BCUT2D eigenvalue weighted by Gasteiger charge is 2.23. The SMILES string of the molecule is COC(=O)c1[nH]c2ccc(Br)cc2c1NC(=O)CN1CCN(CCO)CC1. The molecule has 0 bridgehead atoms. The number of ether oxygens (including phenoxy) is 1. The molecule has 1 aliphatic rings. The van der Waals surface area contributed by atoms with Gasteiger partial charge in [0, 0.05) is 48.1 Å². The van der Waals surface area contributed by atoms with Crippen molar-refractivity contribution in [2.24, 2.45) is 0 Å². The first kappa shape index (κ1) is 19.8. The number of aliphatic hydroxyl groups is 1.